The average Bonchev–Trinajstić information content (AvgIpc) is 2.04. The first-order valence-electron chi connectivity index (χ1n) is 4.93. The predicted molar refractivity (Wildman–Crippen MR) is 58.3 cm³/mol. The van der Waals surface area contributed by atoms with E-state index in [1.54, 1.807) is 0 Å². The number of thioether (sulfide) groups is 1. The van der Waals surface area contributed by atoms with Gasteiger partial charge >= 0.3 is 0 Å². The van der Waals surface area contributed by atoms with Crippen LogP contribution < -0.4 is 0 Å². The van der Waals surface area contributed by atoms with E-state index in [1.807, 2.05) is 11.8 Å². The minimum Gasteiger partial charge on any atom is -0.130 e. The highest BCUT2D eigenvalue weighted by Gasteiger charge is 2.27. The van der Waals surface area contributed by atoms with Crippen LogP contribution in [0.1, 0.15) is 34.1 Å². The van der Waals surface area contributed by atoms with Crippen LogP contribution in [0.5, 0.6) is 0 Å². The molecule has 0 radical (unpaired) electrons. The largest absolute Gasteiger partial charge is 0.130 e. The molecule has 2 unspecified atom stereocenters. The molecule has 0 aromatic heterocycles. The lowest BCUT2D eigenvalue weighted by Crippen LogP contribution is -2.28. The molecule has 0 aliphatic carbocycles. The Balaban J connectivity index is 2.63. The molecule has 1 aliphatic rings. The minimum atomic E-state index is 0.812. The molecule has 0 saturated carbocycles. The summed E-state index contributed by atoms with van der Waals surface area (Å²) < 4.78 is 0. The molecule has 1 heterocycles. The van der Waals surface area contributed by atoms with Gasteiger partial charge in [0.05, 0.1) is 0 Å². The van der Waals surface area contributed by atoms with Crippen LogP contribution in [-0.4, -0.2) is 5.25 Å². The molecule has 0 aromatic carbocycles. The molecule has 0 saturated heterocycles. The lowest BCUT2D eigenvalue weighted by molar-refractivity contribution is 0.330. The van der Waals surface area contributed by atoms with Crippen LogP contribution >= 0.6 is 11.8 Å². The summed E-state index contributed by atoms with van der Waals surface area (Å²) in [4.78, 5) is 0. The topological polar surface area (TPSA) is 0 Å². The molecule has 1 heteroatoms. The number of rotatable bonds is 2. The molecule has 2 atom stereocenters. The molecule has 12 heavy (non-hydrogen) atoms. The summed E-state index contributed by atoms with van der Waals surface area (Å²) in [7, 11) is 0. The Labute approximate surface area is 80.8 Å². The number of allylic oxidation sites excluding steroid dienone is 1. The van der Waals surface area contributed by atoms with E-state index in [-0.39, 0.29) is 0 Å². The Bertz CT molecular complexity index is 140. The number of hydrogen-bond acceptors (Lipinski definition) is 1. The monoisotopic (exact) mass is 184 g/mol. The Morgan fingerprint density at radius 1 is 1.17 bits per heavy atom. The fraction of sp³-hybridized carbons (Fsp3) is 0.818. The lowest BCUT2D eigenvalue weighted by Gasteiger charge is -2.33. The first-order chi connectivity index (χ1) is 5.63. The second-order valence-corrected chi connectivity index (χ2v) is 5.45. The van der Waals surface area contributed by atoms with Crippen molar-refractivity contribution in [2.45, 2.75) is 39.4 Å². The molecular weight excluding hydrogens is 164 g/mol. The Kier molecular flexibility index (Phi) is 3.70. The van der Waals surface area contributed by atoms with Gasteiger partial charge in [-0.2, -0.15) is 0 Å². The molecule has 0 amide bonds. The van der Waals surface area contributed by atoms with Crippen LogP contribution in [0.3, 0.4) is 0 Å². The molecule has 0 fully saturated rings. The van der Waals surface area contributed by atoms with Crippen molar-refractivity contribution in [1.29, 1.82) is 0 Å². The number of hydrogen-bond donors (Lipinski definition) is 0. The van der Waals surface area contributed by atoms with Crippen molar-refractivity contribution in [2.24, 2.45) is 17.8 Å². The van der Waals surface area contributed by atoms with Gasteiger partial charge in [0, 0.05) is 5.25 Å². The molecule has 0 spiro atoms. The summed E-state index contributed by atoms with van der Waals surface area (Å²) in [6, 6.07) is 0. The van der Waals surface area contributed by atoms with Gasteiger partial charge in [-0.25, -0.2) is 0 Å². The van der Waals surface area contributed by atoms with Crippen molar-refractivity contribution in [3.63, 3.8) is 0 Å². The van der Waals surface area contributed by atoms with Gasteiger partial charge in [0.25, 0.3) is 0 Å². The van der Waals surface area contributed by atoms with E-state index < -0.39 is 0 Å². The molecule has 0 nitrogen and oxygen atoms in total. The van der Waals surface area contributed by atoms with Crippen LogP contribution in [0, 0.1) is 17.8 Å². The first kappa shape index (κ1) is 10.2. The summed E-state index contributed by atoms with van der Waals surface area (Å²) in [6.07, 6.45) is 3.61. The maximum absolute atomic E-state index is 2.35. The van der Waals surface area contributed by atoms with Crippen molar-refractivity contribution in [3.05, 3.63) is 11.5 Å². The highest BCUT2D eigenvalue weighted by Crippen LogP contribution is 2.37. The second kappa shape index (κ2) is 4.36. The zero-order chi connectivity index (χ0) is 9.14. The van der Waals surface area contributed by atoms with E-state index in [0.29, 0.717) is 0 Å². The SMILES string of the molecule is CC(C)C1CC=CSC1C(C)C. The van der Waals surface area contributed by atoms with Crippen molar-refractivity contribution < 1.29 is 0 Å². The highest BCUT2D eigenvalue weighted by atomic mass is 32.2. The zero-order valence-electron chi connectivity index (χ0n) is 8.58. The van der Waals surface area contributed by atoms with E-state index in [2.05, 4.69) is 39.2 Å². The van der Waals surface area contributed by atoms with E-state index >= 15 is 0 Å². The second-order valence-electron chi connectivity index (χ2n) is 4.36. The average molecular weight is 184 g/mol. The Morgan fingerprint density at radius 2 is 1.83 bits per heavy atom. The lowest BCUT2D eigenvalue weighted by atomic mass is 9.84. The van der Waals surface area contributed by atoms with Crippen molar-refractivity contribution in [2.75, 3.05) is 0 Å². The van der Waals surface area contributed by atoms with Gasteiger partial charge in [0.15, 0.2) is 0 Å². The van der Waals surface area contributed by atoms with Gasteiger partial charge in [0.2, 0.25) is 0 Å². The van der Waals surface area contributed by atoms with Gasteiger partial charge < -0.3 is 0 Å². The normalized spacial score (nSPS) is 30.2. The summed E-state index contributed by atoms with van der Waals surface area (Å²) >= 11 is 2.03. The molecule has 70 valence electrons. The maximum Gasteiger partial charge on any atom is 0.0145 e. The van der Waals surface area contributed by atoms with Crippen molar-refractivity contribution >= 4 is 11.8 Å². The van der Waals surface area contributed by atoms with Crippen molar-refractivity contribution in [3.8, 4) is 0 Å². The van der Waals surface area contributed by atoms with Crippen LogP contribution in [0.4, 0.5) is 0 Å². The van der Waals surface area contributed by atoms with Crippen LogP contribution in [0.25, 0.3) is 0 Å². The molecular formula is C11H20S. The van der Waals surface area contributed by atoms with E-state index in [9.17, 15) is 0 Å². The van der Waals surface area contributed by atoms with Crippen molar-refractivity contribution in [1.82, 2.24) is 0 Å². The van der Waals surface area contributed by atoms with Gasteiger partial charge in [0.1, 0.15) is 0 Å². The Hall–Kier alpha value is 0.0900. The fourth-order valence-electron chi connectivity index (χ4n) is 1.90. The van der Waals surface area contributed by atoms with Gasteiger partial charge in [-0.3, -0.25) is 0 Å². The van der Waals surface area contributed by atoms with E-state index in [4.69, 9.17) is 0 Å². The molecule has 1 aliphatic heterocycles. The smallest absolute Gasteiger partial charge is 0.0145 e. The summed E-state index contributed by atoms with van der Waals surface area (Å²) in [5, 5.41) is 3.12. The maximum atomic E-state index is 2.35. The van der Waals surface area contributed by atoms with E-state index in [1.165, 1.54) is 6.42 Å². The van der Waals surface area contributed by atoms with Gasteiger partial charge in [-0.1, -0.05) is 33.8 Å². The summed E-state index contributed by atoms with van der Waals surface area (Å²) in [5.74, 6) is 2.53. The van der Waals surface area contributed by atoms with Gasteiger partial charge in [-0.05, 0) is 29.6 Å². The third-order valence-electron chi connectivity index (χ3n) is 2.68. The van der Waals surface area contributed by atoms with Crippen LogP contribution in [-0.2, 0) is 0 Å². The summed E-state index contributed by atoms with van der Waals surface area (Å²) in [5.41, 5.74) is 0. The molecule has 1 rings (SSSR count). The van der Waals surface area contributed by atoms with E-state index in [0.717, 1.165) is 23.0 Å². The first-order valence-corrected chi connectivity index (χ1v) is 5.87. The molecule has 0 bridgehead atoms. The molecule has 0 N–H and O–H groups in total. The molecule has 0 aromatic rings. The van der Waals surface area contributed by atoms with Crippen LogP contribution in [0.15, 0.2) is 11.5 Å². The Morgan fingerprint density at radius 3 is 2.25 bits per heavy atom. The predicted octanol–water partition coefficient (Wildman–Crippen LogP) is 3.93. The zero-order valence-corrected chi connectivity index (χ0v) is 9.40. The van der Waals surface area contributed by atoms with Crippen LogP contribution in [0.2, 0.25) is 0 Å². The van der Waals surface area contributed by atoms with Gasteiger partial charge in [-0.15, -0.1) is 11.8 Å². The summed E-state index contributed by atoms with van der Waals surface area (Å²) in [6.45, 7) is 9.37. The fourth-order valence-corrected chi connectivity index (χ4v) is 3.24. The minimum absolute atomic E-state index is 0.812. The third-order valence-corrected chi connectivity index (χ3v) is 4.23. The quantitative estimate of drug-likeness (QED) is 0.626. The standard InChI is InChI=1S/C11H20S/c1-8(2)10-6-5-7-12-11(10)9(3)4/h5,7-11H,6H2,1-4H3. The third kappa shape index (κ3) is 2.29. The highest BCUT2D eigenvalue weighted by molar-refractivity contribution is 8.02.